The molecule has 1 saturated heterocycles. The van der Waals surface area contributed by atoms with E-state index in [-0.39, 0.29) is 0 Å². The fourth-order valence-corrected chi connectivity index (χ4v) is 2.71. The molecule has 2 N–H and O–H groups in total. The summed E-state index contributed by atoms with van der Waals surface area (Å²) in [6.07, 6.45) is 4.55. The van der Waals surface area contributed by atoms with Crippen LogP contribution < -0.4 is 10.6 Å². The minimum Gasteiger partial charge on any atom is -0.356 e. The third kappa shape index (κ3) is 2.92. The van der Waals surface area contributed by atoms with Crippen LogP contribution in [0.3, 0.4) is 0 Å². The summed E-state index contributed by atoms with van der Waals surface area (Å²) in [7, 11) is 0. The van der Waals surface area contributed by atoms with Gasteiger partial charge in [0.25, 0.3) is 0 Å². The summed E-state index contributed by atoms with van der Waals surface area (Å²) in [5.41, 5.74) is 0. The Morgan fingerprint density at radius 2 is 2.44 bits per heavy atom. The molecule has 2 rings (SSSR count). The van der Waals surface area contributed by atoms with Crippen LogP contribution in [0.2, 0.25) is 0 Å². The number of nitrogens with zero attached hydrogens (tertiary/aromatic N) is 2. The van der Waals surface area contributed by atoms with Crippen LogP contribution in [0, 0.1) is 0 Å². The highest BCUT2D eigenvalue weighted by Crippen LogP contribution is 2.18. The Kier molecular flexibility index (Phi) is 4.12. The van der Waals surface area contributed by atoms with Gasteiger partial charge in [-0.1, -0.05) is 6.92 Å². The van der Waals surface area contributed by atoms with Crippen molar-refractivity contribution in [2.75, 3.05) is 11.9 Å². The summed E-state index contributed by atoms with van der Waals surface area (Å²) >= 11 is 1.49. The molecule has 2 unspecified atom stereocenters. The lowest BCUT2D eigenvalue weighted by Gasteiger charge is -2.30. The predicted octanol–water partition coefficient (Wildman–Crippen LogP) is 2.04. The van der Waals surface area contributed by atoms with Gasteiger partial charge in [-0.15, -0.1) is 0 Å². The normalized spacial score (nSPS) is 25.6. The molecule has 4 nitrogen and oxygen atoms in total. The highest BCUT2D eigenvalue weighted by Gasteiger charge is 2.21. The molecule has 0 bridgehead atoms. The second kappa shape index (κ2) is 5.59. The smallest absolute Gasteiger partial charge is 0.202 e. The molecule has 1 fully saturated rings. The van der Waals surface area contributed by atoms with Crippen molar-refractivity contribution < 1.29 is 0 Å². The second-order valence-corrected chi connectivity index (χ2v) is 5.15. The molecule has 0 radical (unpaired) electrons. The van der Waals surface area contributed by atoms with Crippen LogP contribution in [0.15, 0.2) is 0 Å². The van der Waals surface area contributed by atoms with E-state index in [1.165, 1.54) is 24.4 Å². The molecule has 0 amide bonds. The van der Waals surface area contributed by atoms with Crippen molar-refractivity contribution >= 4 is 16.7 Å². The van der Waals surface area contributed by atoms with Gasteiger partial charge in [0.15, 0.2) is 0 Å². The van der Waals surface area contributed by atoms with Crippen molar-refractivity contribution in [3.05, 3.63) is 5.82 Å². The number of aromatic nitrogens is 2. The maximum atomic E-state index is 4.50. The van der Waals surface area contributed by atoms with E-state index in [0.717, 1.165) is 30.3 Å². The third-order valence-electron chi connectivity index (χ3n) is 3.01. The first kappa shape index (κ1) is 11.8. The first-order valence-electron chi connectivity index (χ1n) is 6.12. The summed E-state index contributed by atoms with van der Waals surface area (Å²) < 4.78 is 4.34. The fourth-order valence-electron chi connectivity index (χ4n) is 2.04. The van der Waals surface area contributed by atoms with Crippen LogP contribution in [0.25, 0.3) is 0 Å². The molecule has 2 atom stereocenters. The van der Waals surface area contributed by atoms with Gasteiger partial charge in [0.05, 0.1) is 0 Å². The zero-order valence-electron chi connectivity index (χ0n) is 9.99. The zero-order chi connectivity index (χ0) is 11.4. The number of anilines is 1. The molecule has 5 heteroatoms. The second-order valence-electron chi connectivity index (χ2n) is 4.40. The summed E-state index contributed by atoms with van der Waals surface area (Å²) in [4.78, 5) is 4.50. The molecule has 2 heterocycles. The standard InChI is InChI=1S/C11H20N4S/c1-3-5-10-14-11(16-15-10)13-9-6-4-7-12-8(9)2/h8-9,12H,3-7H2,1-2H3,(H,13,14,15). The Morgan fingerprint density at radius 3 is 3.19 bits per heavy atom. The SMILES string of the molecule is CCCc1nsc(NC2CCCNC2C)n1. The van der Waals surface area contributed by atoms with Crippen LogP contribution in [-0.2, 0) is 6.42 Å². The van der Waals surface area contributed by atoms with E-state index in [1.807, 2.05) is 0 Å². The highest BCUT2D eigenvalue weighted by atomic mass is 32.1. The van der Waals surface area contributed by atoms with E-state index in [9.17, 15) is 0 Å². The quantitative estimate of drug-likeness (QED) is 0.845. The molecular weight excluding hydrogens is 220 g/mol. The first-order valence-corrected chi connectivity index (χ1v) is 6.89. The molecule has 0 aromatic carbocycles. The number of piperidine rings is 1. The molecule has 1 aromatic rings. The number of hydrogen-bond donors (Lipinski definition) is 2. The van der Waals surface area contributed by atoms with Gasteiger partial charge < -0.3 is 10.6 Å². The molecule has 90 valence electrons. The Balaban J connectivity index is 1.91. The average molecular weight is 240 g/mol. The van der Waals surface area contributed by atoms with Crippen LogP contribution in [0.1, 0.15) is 38.9 Å². The van der Waals surface area contributed by atoms with E-state index in [0.29, 0.717) is 12.1 Å². The van der Waals surface area contributed by atoms with Gasteiger partial charge in [-0.05, 0) is 32.7 Å². The minimum atomic E-state index is 0.496. The molecule has 1 aromatic heterocycles. The Labute approximate surface area is 101 Å². The summed E-state index contributed by atoms with van der Waals surface area (Å²) in [5.74, 6) is 0.978. The van der Waals surface area contributed by atoms with E-state index in [1.54, 1.807) is 0 Å². The summed E-state index contributed by atoms with van der Waals surface area (Å²) in [6, 6.07) is 1.02. The fraction of sp³-hybridized carbons (Fsp3) is 0.818. The topological polar surface area (TPSA) is 49.8 Å². The van der Waals surface area contributed by atoms with E-state index < -0.39 is 0 Å². The van der Waals surface area contributed by atoms with Crippen molar-refractivity contribution in [1.82, 2.24) is 14.7 Å². The Hall–Kier alpha value is -0.680. The largest absolute Gasteiger partial charge is 0.356 e. The van der Waals surface area contributed by atoms with Crippen molar-refractivity contribution in [2.45, 2.75) is 51.6 Å². The average Bonchev–Trinajstić information content (AvgIpc) is 2.70. The van der Waals surface area contributed by atoms with Crippen molar-refractivity contribution in [2.24, 2.45) is 0 Å². The molecule has 16 heavy (non-hydrogen) atoms. The number of aryl methyl sites for hydroxylation is 1. The molecular formula is C11H20N4S. The van der Waals surface area contributed by atoms with Gasteiger partial charge in [0.2, 0.25) is 5.13 Å². The van der Waals surface area contributed by atoms with Crippen LogP contribution >= 0.6 is 11.5 Å². The van der Waals surface area contributed by atoms with Crippen molar-refractivity contribution in [1.29, 1.82) is 0 Å². The van der Waals surface area contributed by atoms with Gasteiger partial charge in [0, 0.05) is 30.0 Å². The molecule has 0 aliphatic carbocycles. The predicted molar refractivity (Wildman–Crippen MR) is 68.0 cm³/mol. The van der Waals surface area contributed by atoms with Crippen LogP contribution in [-0.4, -0.2) is 28.0 Å². The van der Waals surface area contributed by atoms with Gasteiger partial charge in [0.1, 0.15) is 5.82 Å². The number of nitrogens with one attached hydrogen (secondary N) is 2. The molecule has 1 aliphatic rings. The van der Waals surface area contributed by atoms with Gasteiger partial charge in [-0.25, -0.2) is 4.98 Å². The lowest BCUT2D eigenvalue weighted by molar-refractivity contribution is 0.389. The van der Waals surface area contributed by atoms with Crippen LogP contribution in [0.4, 0.5) is 5.13 Å². The Morgan fingerprint density at radius 1 is 1.56 bits per heavy atom. The minimum absolute atomic E-state index is 0.496. The van der Waals surface area contributed by atoms with Gasteiger partial charge >= 0.3 is 0 Å². The molecule has 0 spiro atoms. The monoisotopic (exact) mass is 240 g/mol. The van der Waals surface area contributed by atoms with Crippen molar-refractivity contribution in [3.8, 4) is 0 Å². The highest BCUT2D eigenvalue weighted by molar-refractivity contribution is 7.09. The lowest BCUT2D eigenvalue weighted by Crippen LogP contribution is -2.46. The summed E-state index contributed by atoms with van der Waals surface area (Å²) in [6.45, 7) is 5.52. The maximum Gasteiger partial charge on any atom is 0.202 e. The van der Waals surface area contributed by atoms with E-state index in [4.69, 9.17) is 0 Å². The van der Waals surface area contributed by atoms with Crippen molar-refractivity contribution in [3.63, 3.8) is 0 Å². The van der Waals surface area contributed by atoms with Gasteiger partial charge in [-0.2, -0.15) is 4.37 Å². The lowest BCUT2D eigenvalue weighted by atomic mass is 10.0. The maximum absolute atomic E-state index is 4.50. The third-order valence-corrected chi connectivity index (χ3v) is 3.70. The van der Waals surface area contributed by atoms with E-state index in [2.05, 4.69) is 33.8 Å². The first-order chi connectivity index (χ1) is 7.79. The summed E-state index contributed by atoms with van der Waals surface area (Å²) in [5, 5.41) is 7.95. The molecule has 0 saturated carbocycles. The number of hydrogen-bond acceptors (Lipinski definition) is 5. The Bertz CT molecular complexity index is 326. The van der Waals surface area contributed by atoms with Gasteiger partial charge in [-0.3, -0.25) is 0 Å². The number of rotatable bonds is 4. The molecule has 1 aliphatic heterocycles. The zero-order valence-corrected chi connectivity index (χ0v) is 10.8. The van der Waals surface area contributed by atoms with E-state index >= 15 is 0 Å². The van der Waals surface area contributed by atoms with Crippen LogP contribution in [0.5, 0.6) is 0 Å².